The zero-order chi connectivity index (χ0) is 23.3. The average Bonchev–Trinajstić information content (AvgIpc) is 3.15. The fourth-order valence-electron chi connectivity index (χ4n) is 4.43. The summed E-state index contributed by atoms with van der Waals surface area (Å²) in [6, 6.07) is 11.7. The number of rotatable bonds is 4. The molecule has 1 aliphatic carbocycles. The lowest BCUT2D eigenvalue weighted by molar-refractivity contribution is -0.118. The van der Waals surface area contributed by atoms with Gasteiger partial charge in [0, 0.05) is 28.5 Å². The lowest BCUT2D eigenvalue weighted by Gasteiger charge is -2.38. The van der Waals surface area contributed by atoms with Crippen molar-refractivity contribution in [1.29, 1.82) is 0 Å². The summed E-state index contributed by atoms with van der Waals surface area (Å²) in [5.74, 6) is 0.725. The second-order valence-corrected chi connectivity index (χ2v) is 10.5. The van der Waals surface area contributed by atoms with E-state index in [1.165, 1.54) is 23.9 Å². The molecule has 7 nitrogen and oxygen atoms in total. The fourth-order valence-corrected chi connectivity index (χ4v) is 5.54. The molecule has 9 heteroatoms. The molecule has 1 aliphatic heterocycles. The molecule has 0 fully saturated rings. The lowest BCUT2D eigenvalue weighted by atomic mass is 9.73. The molecule has 2 heterocycles. The minimum absolute atomic E-state index is 0.0396. The second kappa shape index (κ2) is 8.11. The number of ketones is 1. The van der Waals surface area contributed by atoms with Crippen LogP contribution < -0.4 is 5.32 Å². The zero-order valence-electron chi connectivity index (χ0n) is 18.2. The molecule has 3 aromatic rings. The lowest BCUT2D eigenvalue weighted by Crippen LogP contribution is -2.36. The van der Waals surface area contributed by atoms with Crippen molar-refractivity contribution in [3.8, 4) is 11.5 Å². The monoisotopic (exact) mass is 482 g/mol. The molecule has 1 atom stereocenters. The van der Waals surface area contributed by atoms with Crippen LogP contribution in [0.2, 0.25) is 5.02 Å². The number of hydrogen-bond acceptors (Lipinski definition) is 7. The van der Waals surface area contributed by atoms with Gasteiger partial charge in [-0.05, 0) is 41.2 Å². The van der Waals surface area contributed by atoms with Gasteiger partial charge in [0.2, 0.25) is 11.1 Å². The first kappa shape index (κ1) is 21.9. The summed E-state index contributed by atoms with van der Waals surface area (Å²) in [5.41, 5.74) is 2.92. The van der Waals surface area contributed by atoms with Gasteiger partial charge in [0.1, 0.15) is 6.04 Å². The van der Waals surface area contributed by atoms with Gasteiger partial charge in [0.25, 0.3) is 0 Å². The van der Waals surface area contributed by atoms with Crippen molar-refractivity contribution in [2.24, 2.45) is 5.41 Å². The van der Waals surface area contributed by atoms with E-state index in [1.807, 2.05) is 24.3 Å². The summed E-state index contributed by atoms with van der Waals surface area (Å²) in [4.78, 5) is 17.9. The van der Waals surface area contributed by atoms with Gasteiger partial charge in [-0.15, -0.1) is 5.10 Å². The number of allylic oxidation sites excluding steroid dienone is 2. The highest BCUT2D eigenvalue weighted by Gasteiger charge is 2.42. The minimum atomic E-state index is -0.548. The van der Waals surface area contributed by atoms with Gasteiger partial charge in [-0.3, -0.25) is 4.79 Å². The Labute approximate surface area is 200 Å². The molecular formula is C24H23ClN4O3S. The van der Waals surface area contributed by atoms with E-state index in [1.54, 1.807) is 10.7 Å². The third kappa shape index (κ3) is 4.09. The van der Waals surface area contributed by atoms with E-state index in [-0.39, 0.29) is 22.7 Å². The predicted molar refractivity (Wildman–Crippen MR) is 128 cm³/mol. The van der Waals surface area contributed by atoms with Crippen LogP contribution in [0.5, 0.6) is 11.5 Å². The first-order chi connectivity index (χ1) is 15.7. The predicted octanol–water partition coefficient (Wildman–Crippen LogP) is 5.29. The van der Waals surface area contributed by atoms with Gasteiger partial charge in [0.15, 0.2) is 17.3 Å². The van der Waals surface area contributed by atoms with Crippen LogP contribution in [0.1, 0.15) is 43.9 Å². The van der Waals surface area contributed by atoms with Crippen molar-refractivity contribution in [2.75, 3.05) is 5.32 Å². The SMILES string of the molecule is CC1(C)CC(=O)C2=C(C1)Nc1nc(SCc3ccccc3Cl)nn1C2c1ccc(O)c(O)c1. The van der Waals surface area contributed by atoms with Crippen LogP contribution in [0.25, 0.3) is 0 Å². The van der Waals surface area contributed by atoms with Gasteiger partial charge >= 0.3 is 0 Å². The van der Waals surface area contributed by atoms with E-state index >= 15 is 0 Å². The fraction of sp³-hybridized carbons (Fsp3) is 0.292. The number of aromatic hydroxyl groups is 2. The summed E-state index contributed by atoms with van der Waals surface area (Å²) in [6.45, 7) is 4.14. The third-order valence-corrected chi connectivity index (χ3v) is 7.20. The second-order valence-electron chi connectivity index (χ2n) is 9.15. The van der Waals surface area contributed by atoms with E-state index in [4.69, 9.17) is 16.7 Å². The van der Waals surface area contributed by atoms with E-state index in [2.05, 4.69) is 24.1 Å². The van der Waals surface area contributed by atoms with Gasteiger partial charge in [-0.25, -0.2) is 4.68 Å². The number of benzene rings is 2. The van der Waals surface area contributed by atoms with Gasteiger partial charge in [-0.1, -0.05) is 61.5 Å². The molecule has 0 spiro atoms. The normalized spacial score (nSPS) is 19.1. The van der Waals surface area contributed by atoms with E-state index in [9.17, 15) is 15.0 Å². The highest BCUT2D eigenvalue weighted by atomic mass is 35.5. The number of nitrogens with one attached hydrogen (secondary N) is 1. The molecule has 0 saturated carbocycles. The third-order valence-electron chi connectivity index (χ3n) is 5.94. The summed E-state index contributed by atoms with van der Waals surface area (Å²) < 4.78 is 1.69. The topological polar surface area (TPSA) is 100 Å². The van der Waals surface area contributed by atoms with Crippen molar-refractivity contribution in [1.82, 2.24) is 14.8 Å². The molecule has 3 N–H and O–H groups in total. The number of carbonyl (C=O) groups is 1. The van der Waals surface area contributed by atoms with Gasteiger partial charge in [-0.2, -0.15) is 4.98 Å². The Balaban J connectivity index is 1.55. The number of anilines is 1. The van der Waals surface area contributed by atoms with Crippen LogP contribution >= 0.6 is 23.4 Å². The number of carbonyl (C=O) groups excluding carboxylic acids is 1. The Morgan fingerprint density at radius 2 is 1.97 bits per heavy atom. The van der Waals surface area contributed by atoms with Gasteiger partial charge < -0.3 is 15.5 Å². The van der Waals surface area contributed by atoms with Crippen molar-refractivity contribution >= 4 is 35.1 Å². The number of hydrogen-bond donors (Lipinski definition) is 3. The zero-order valence-corrected chi connectivity index (χ0v) is 19.7. The maximum atomic E-state index is 13.3. The molecule has 0 radical (unpaired) electrons. The maximum Gasteiger partial charge on any atom is 0.227 e. The molecule has 0 saturated heterocycles. The van der Waals surface area contributed by atoms with Crippen LogP contribution in [-0.2, 0) is 10.5 Å². The number of halogens is 1. The number of phenolic OH excluding ortho intramolecular Hbond substituents is 2. The van der Waals surface area contributed by atoms with E-state index in [0.29, 0.717) is 45.9 Å². The number of aromatic nitrogens is 3. The molecule has 1 aromatic heterocycles. The van der Waals surface area contributed by atoms with Crippen molar-refractivity contribution < 1.29 is 15.0 Å². The molecule has 2 aromatic carbocycles. The highest BCUT2D eigenvalue weighted by Crippen LogP contribution is 2.46. The van der Waals surface area contributed by atoms with E-state index in [0.717, 1.165) is 11.3 Å². The van der Waals surface area contributed by atoms with Crippen molar-refractivity contribution in [2.45, 2.75) is 43.6 Å². The van der Waals surface area contributed by atoms with Crippen molar-refractivity contribution in [3.05, 3.63) is 69.9 Å². The Kier molecular flexibility index (Phi) is 5.37. The molecule has 5 rings (SSSR count). The molecule has 1 unspecified atom stereocenters. The number of thioether (sulfide) groups is 1. The molecule has 33 heavy (non-hydrogen) atoms. The first-order valence-electron chi connectivity index (χ1n) is 10.6. The van der Waals surface area contributed by atoms with Crippen LogP contribution in [0, 0.1) is 5.41 Å². The quantitative estimate of drug-likeness (QED) is 0.343. The number of Topliss-reactive ketones (excluding diaryl/α,β-unsaturated/α-hetero) is 1. The molecule has 0 bridgehead atoms. The number of phenols is 2. The van der Waals surface area contributed by atoms with Crippen LogP contribution in [0.15, 0.2) is 58.9 Å². The Hall–Kier alpha value is -2.97. The first-order valence-corrected chi connectivity index (χ1v) is 12.0. The Morgan fingerprint density at radius 1 is 1.18 bits per heavy atom. The van der Waals surface area contributed by atoms with Gasteiger partial charge in [0.05, 0.1) is 0 Å². The van der Waals surface area contributed by atoms with Crippen LogP contribution in [-0.4, -0.2) is 30.8 Å². The largest absolute Gasteiger partial charge is 0.504 e. The maximum absolute atomic E-state index is 13.3. The number of nitrogens with zero attached hydrogens (tertiary/aromatic N) is 3. The summed E-state index contributed by atoms with van der Waals surface area (Å²) >= 11 is 7.75. The highest BCUT2D eigenvalue weighted by molar-refractivity contribution is 7.98. The smallest absolute Gasteiger partial charge is 0.227 e. The minimum Gasteiger partial charge on any atom is -0.504 e. The Morgan fingerprint density at radius 3 is 2.73 bits per heavy atom. The standard InChI is InChI=1S/C24H23ClN4O3S/c1-24(2)10-16-20(19(32)11-24)21(13-7-8-17(30)18(31)9-13)29-22(26-16)27-23(28-29)33-12-14-5-3-4-6-15(14)25/h3-9,21,30-31H,10-12H2,1-2H3,(H,26,27,28). The van der Waals surface area contributed by atoms with E-state index < -0.39 is 6.04 Å². The molecule has 0 amide bonds. The molecule has 2 aliphatic rings. The molecule has 170 valence electrons. The number of fused-ring (bicyclic) bond motifs is 1. The summed E-state index contributed by atoms with van der Waals surface area (Å²) in [5, 5.41) is 29.2. The van der Waals surface area contributed by atoms with Crippen LogP contribution in [0.4, 0.5) is 5.95 Å². The summed E-state index contributed by atoms with van der Waals surface area (Å²) in [7, 11) is 0. The summed E-state index contributed by atoms with van der Waals surface area (Å²) in [6.07, 6.45) is 1.12. The Bertz CT molecular complexity index is 1300. The van der Waals surface area contributed by atoms with Crippen LogP contribution in [0.3, 0.4) is 0 Å². The van der Waals surface area contributed by atoms with Crippen molar-refractivity contribution in [3.63, 3.8) is 0 Å². The average molecular weight is 483 g/mol. The molecular weight excluding hydrogens is 460 g/mol.